The van der Waals surface area contributed by atoms with Crippen LogP contribution in [0.4, 0.5) is 5.69 Å². The Morgan fingerprint density at radius 2 is 1.77 bits per heavy atom. The Bertz CT molecular complexity index is 1570. The number of para-hydroxylation sites is 1. The molecule has 0 atom stereocenters. The second-order valence-electron chi connectivity index (χ2n) is 8.58. The van der Waals surface area contributed by atoms with Gasteiger partial charge in [-0.15, -0.1) is 0 Å². The maximum Gasteiger partial charge on any atom is 0.376 e. The molecule has 39 heavy (non-hydrogen) atoms. The number of aliphatic imine (C=N–C) groups is 1. The highest BCUT2D eigenvalue weighted by Crippen LogP contribution is 2.24. The van der Waals surface area contributed by atoms with E-state index in [1.54, 1.807) is 61.7 Å². The van der Waals surface area contributed by atoms with Gasteiger partial charge in [0.15, 0.2) is 5.70 Å². The average molecular weight is 524 g/mol. The number of nitrogens with one attached hydrogen (secondary N) is 3. The first-order chi connectivity index (χ1) is 19.0. The summed E-state index contributed by atoms with van der Waals surface area (Å²) in [6, 6.07) is 23.1. The van der Waals surface area contributed by atoms with Crippen molar-refractivity contribution < 1.29 is 24.0 Å². The summed E-state index contributed by atoms with van der Waals surface area (Å²) in [6.07, 6.45) is 3.68. The minimum absolute atomic E-state index is 0.0217. The van der Waals surface area contributed by atoms with Gasteiger partial charge in [0, 0.05) is 35.3 Å². The van der Waals surface area contributed by atoms with Crippen molar-refractivity contribution in [3.8, 4) is 5.75 Å². The second kappa shape index (κ2) is 11.4. The zero-order valence-corrected chi connectivity index (χ0v) is 21.0. The number of ether oxygens (including phenoxy) is 1. The molecule has 4 aromatic rings. The highest BCUT2D eigenvalue weighted by molar-refractivity contribution is 6.45. The van der Waals surface area contributed by atoms with Gasteiger partial charge in [0.05, 0.1) is 12.8 Å². The van der Waals surface area contributed by atoms with E-state index in [1.807, 2.05) is 30.5 Å². The Morgan fingerprint density at radius 3 is 2.54 bits per heavy atom. The van der Waals surface area contributed by atoms with Gasteiger partial charge in [0.2, 0.25) is 0 Å². The van der Waals surface area contributed by atoms with Crippen LogP contribution in [0, 0.1) is 0 Å². The van der Waals surface area contributed by atoms with Crippen LogP contribution in [-0.2, 0) is 20.8 Å². The van der Waals surface area contributed by atoms with Crippen molar-refractivity contribution >= 4 is 40.1 Å². The topological polar surface area (TPSA) is 125 Å². The molecule has 10 heteroatoms. The molecule has 196 valence electrons. The third-order valence-electron chi connectivity index (χ3n) is 6.11. The van der Waals surface area contributed by atoms with E-state index >= 15 is 0 Å². The molecule has 5 rings (SSSR count). The van der Waals surface area contributed by atoms with E-state index in [2.05, 4.69) is 20.9 Å². The highest BCUT2D eigenvalue weighted by Gasteiger charge is 2.30. The molecule has 1 aliphatic heterocycles. The number of fused-ring (bicyclic) bond motifs is 1. The van der Waals surface area contributed by atoms with Crippen LogP contribution in [0.25, 0.3) is 10.9 Å². The number of hydrogen-bond donors (Lipinski definition) is 3. The van der Waals surface area contributed by atoms with E-state index in [0.717, 1.165) is 16.5 Å². The average Bonchev–Trinajstić information content (AvgIpc) is 3.56. The number of methoxy groups -OCH3 is 1. The molecular formula is C29H25N5O5. The van der Waals surface area contributed by atoms with E-state index in [0.29, 0.717) is 23.4 Å². The normalized spacial score (nSPS) is 14.5. The van der Waals surface area contributed by atoms with Crippen LogP contribution in [0.5, 0.6) is 5.75 Å². The van der Waals surface area contributed by atoms with Gasteiger partial charge >= 0.3 is 5.97 Å². The van der Waals surface area contributed by atoms with E-state index < -0.39 is 17.8 Å². The number of anilines is 1. The summed E-state index contributed by atoms with van der Waals surface area (Å²) >= 11 is 0. The molecular weight excluding hydrogens is 498 g/mol. The van der Waals surface area contributed by atoms with Gasteiger partial charge in [-0.3, -0.25) is 9.59 Å². The molecule has 0 radical (unpaired) electrons. The minimum atomic E-state index is -0.739. The Balaban J connectivity index is 1.41. The van der Waals surface area contributed by atoms with Crippen molar-refractivity contribution in [2.45, 2.75) is 6.42 Å². The number of carbonyl (C=O) groups excluding carboxylic acids is 3. The van der Waals surface area contributed by atoms with Crippen molar-refractivity contribution in [1.29, 1.82) is 0 Å². The summed E-state index contributed by atoms with van der Waals surface area (Å²) in [5.74, 6) is -1.34. The molecule has 0 bridgehead atoms. The van der Waals surface area contributed by atoms with Crippen LogP contribution in [0.1, 0.15) is 15.9 Å². The molecule has 1 fully saturated rings. The number of rotatable bonds is 8. The molecule has 0 saturated carbocycles. The fourth-order valence-corrected chi connectivity index (χ4v) is 4.10. The van der Waals surface area contributed by atoms with Crippen LogP contribution in [0.15, 0.2) is 102 Å². The monoisotopic (exact) mass is 523 g/mol. The fourth-order valence-electron chi connectivity index (χ4n) is 4.10. The number of aromatic nitrogens is 1. The Morgan fingerprint density at radius 1 is 1.03 bits per heavy atom. The van der Waals surface area contributed by atoms with Gasteiger partial charge < -0.3 is 19.9 Å². The van der Waals surface area contributed by atoms with Gasteiger partial charge in [-0.25, -0.2) is 14.8 Å². The van der Waals surface area contributed by atoms with Crippen LogP contribution in [0.3, 0.4) is 0 Å². The molecule has 2 heterocycles. The van der Waals surface area contributed by atoms with E-state index in [1.165, 1.54) is 11.1 Å². The maximum absolute atomic E-state index is 13.3. The van der Waals surface area contributed by atoms with Crippen molar-refractivity contribution in [3.63, 3.8) is 0 Å². The van der Waals surface area contributed by atoms with Crippen molar-refractivity contribution in [1.82, 2.24) is 15.9 Å². The molecule has 0 unspecified atom stereocenters. The summed E-state index contributed by atoms with van der Waals surface area (Å²) in [5, 5.41) is 5.23. The third-order valence-corrected chi connectivity index (χ3v) is 6.11. The first kappa shape index (κ1) is 25.4. The zero-order chi connectivity index (χ0) is 27.2. The Labute approximate surface area is 223 Å². The van der Waals surface area contributed by atoms with E-state index in [-0.39, 0.29) is 18.0 Å². The molecule has 2 amide bonds. The van der Waals surface area contributed by atoms with Gasteiger partial charge in [0.25, 0.3) is 11.8 Å². The second-order valence-corrected chi connectivity index (χ2v) is 8.58. The summed E-state index contributed by atoms with van der Waals surface area (Å²) in [6.45, 7) is 0.285. The van der Waals surface area contributed by atoms with Gasteiger partial charge in [-0.1, -0.05) is 42.0 Å². The maximum atomic E-state index is 13.3. The number of amides is 2. The summed E-state index contributed by atoms with van der Waals surface area (Å²) in [7, 11) is 1.55. The lowest BCUT2D eigenvalue weighted by Gasteiger charge is -2.16. The van der Waals surface area contributed by atoms with Crippen molar-refractivity contribution in [3.05, 3.63) is 108 Å². The SMILES string of the molecule is COc1ccc(N2NOC(=O)/C2=C\C(=NC(=O)c2ccccc2)C(=O)NCCc2c[nH]c3ccccc23)cc1. The Kier molecular flexibility index (Phi) is 7.46. The fraction of sp³-hybridized carbons (Fsp3) is 0.103. The number of nitrogens with zero attached hydrogens (tertiary/aromatic N) is 2. The molecule has 0 aliphatic carbocycles. The lowest BCUT2D eigenvalue weighted by atomic mass is 10.1. The quantitative estimate of drug-likeness (QED) is 0.239. The van der Waals surface area contributed by atoms with Gasteiger partial charge in [-0.2, -0.15) is 0 Å². The molecule has 3 N–H and O–H groups in total. The predicted octanol–water partition coefficient (Wildman–Crippen LogP) is 3.48. The first-order valence-corrected chi connectivity index (χ1v) is 12.2. The molecule has 0 spiro atoms. The molecule has 1 aliphatic rings. The standard InChI is InChI=1S/C29H25N5O5/c1-38-22-13-11-21(12-14-22)34-26(29(37)39-33-34)17-25(32-27(35)19-7-3-2-4-8-19)28(36)30-16-15-20-18-31-24-10-6-5-9-23(20)24/h2-14,17-18,31,33H,15-16H2,1H3,(H,30,36)/b26-17+,32-25?. The molecule has 10 nitrogen and oxygen atoms in total. The van der Waals surface area contributed by atoms with Crippen LogP contribution in [0.2, 0.25) is 0 Å². The summed E-state index contributed by atoms with van der Waals surface area (Å²) in [4.78, 5) is 51.0. The molecule has 3 aromatic carbocycles. The predicted molar refractivity (Wildman–Crippen MR) is 146 cm³/mol. The van der Waals surface area contributed by atoms with Crippen LogP contribution in [-0.4, -0.2) is 42.1 Å². The van der Waals surface area contributed by atoms with Crippen LogP contribution < -0.4 is 20.7 Å². The number of hydrogen-bond acceptors (Lipinski definition) is 7. The zero-order valence-electron chi connectivity index (χ0n) is 21.0. The number of hydrazine groups is 1. The number of aromatic amines is 1. The number of benzene rings is 3. The smallest absolute Gasteiger partial charge is 0.376 e. The Hall–Kier alpha value is -5.22. The van der Waals surface area contributed by atoms with Gasteiger partial charge in [0.1, 0.15) is 11.5 Å². The largest absolute Gasteiger partial charge is 0.497 e. The number of H-pyrrole nitrogens is 1. The van der Waals surface area contributed by atoms with E-state index in [9.17, 15) is 14.4 Å². The minimum Gasteiger partial charge on any atom is -0.497 e. The van der Waals surface area contributed by atoms with Crippen molar-refractivity contribution in [2.75, 3.05) is 18.7 Å². The lowest BCUT2D eigenvalue weighted by Crippen LogP contribution is -2.34. The highest BCUT2D eigenvalue weighted by atomic mass is 16.7. The summed E-state index contributed by atoms with van der Waals surface area (Å²) < 4.78 is 5.19. The van der Waals surface area contributed by atoms with Gasteiger partial charge in [-0.05, 0) is 54.4 Å². The summed E-state index contributed by atoms with van der Waals surface area (Å²) in [5.41, 5.74) is 5.15. The van der Waals surface area contributed by atoms with Crippen molar-refractivity contribution in [2.24, 2.45) is 4.99 Å². The van der Waals surface area contributed by atoms with E-state index in [4.69, 9.17) is 9.57 Å². The third kappa shape index (κ3) is 5.71. The molecule has 1 saturated heterocycles. The number of carbonyl (C=O) groups is 3. The molecule has 1 aromatic heterocycles. The lowest BCUT2D eigenvalue weighted by molar-refractivity contribution is -0.140. The van der Waals surface area contributed by atoms with Crippen LogP contribution >= 0.6 is 0 Å². The first-order valence-electron chi connectivity index (χ1n) is 12.2.